The summed E-state index contributed by atoms with van der Waals surface area (Å²) in [5.41, 5.74) is 5.01. The number of amides is 1. The topological polar surface area (TPSA) is 97.2 Å². The fourth-order valence-corrected chi connectivity index (χ4v) is 7.41. The highest BCUT2D eigenvalue weighted by atomic mass is 35.5. The maximum absolute atomic E-state index is 13.3. The Kier molecular flexibility index (Phi) is 6.50. The van der Waals surface area contributed by atoms with Crippen LogP contribution in [0.1, 0.15) is 32.7 Å². The van der Waals surface area contributed by atoms with Crippen LogP contribution in [0, 0.1) is 13.8 Å². The van der Waals surface area contributed by atoms with Crippen molar-refractivity contribution in [2.75, 3.05) is 11.9 Å². The zero-order valence-corrected chi connectivity index (χ0v) is 23.6. The van der Waals surface area contributed by atoms with Crippen LogP contribution in [0.5, 0.6) is 0 Å². The predicted octanol–water partition coefficient (Wildman–Crippen LogP) is 5.75. The fourth-order valence-electron chi connectivity index (χ4n) is 4.71. The standard InChI is InChI=1S/C28H24ClN5O3S2/c1-17-7-12-23(29)26-25(17)31-28(38-26)34-24(15-18(2)32-34)30-27(35)20-8-10-22(11-9-20)39(36,37)33-14-13-19-5-3-4-6-21(19)16-33/h3-12,15H,13-14,16H2,1-2H3,(H,30,35). The van der Waals surface area contributed by atoms with Crippen molar-refractivity contribution < 1.29 is 13.2 Å². The molecule has 2 aromatic heterocycles. The molecule has 0 fully saturated rings. The number of hydrogen-bond acceptors (Lipinski definition) is 6. The summed E-state index contributed by atoms with van der Waals surface area (Å²) >= 11 is 7.77. The number of nitrogens with one attached hydrogen (secondary N) is 1. The second-order valence-electron chi connectivity index (χ2n) is 9.46. The van der Waals surface area contributed by atoms with E-state index in [2.05, 4.69) is 10.4 Å². The van der Waals surface area contributed by atoms with Crippen LogP contribution in [0.3, 0.4) is 0 Å². The normalized spacial score (nSPS) is 13.9. The van der Waals surface area contributed by atoms with Crippen molar-refractivity contribution in [1.82, 2.24) is 19.1 Å². The van der Waals surface area contributed by atoms with Gasteiger partial charge >= 0.3 is 0 Å². The van der Waals surface area contributed by atoms with Crippen LogP contribution in [0.2, 0.25) is 5.02 Å². The summed E-state index contributed by atoms with van der Waals surface area (Å²) in [5.74, 6) is 0.0660. The zero-order chi connectivity index (χ0) is 27.3. The Morgan fingerprint density at radius 2 is 1.77 bits per heavy atom. The molecular formula is C28H24ClN5O3S2. The van der Waals surface area contributed by atoms with Crippen molar-refractivity contribution in [1.29, 1.82) is 0 Å². The van der Waals surface area contributed by atoms with Crippen molar-refractivity contribution in [3.05, 3.63) is 99.7 Å². The van der Waals surface area contributed by atoms with E-state index in [-0.39, 0.29) is 10.8 Å². The lowest BCUT2D eigenvalue weighted by Crippen LogP contribution is -2.35. The summed E-state index contributed by atoms with van der Waals surface area (Å²) in [6, 6.07) is 19.4. The highest BCUT2D eigenvalue weighted by molar-refractivity contribution is 7.89. The molecule has 39 heavy (non-hydrogen) atoms. The number of thiazole rings is 1. The molecule has 0 spiro atoms. The average molecular weight is 578 g/mol. The number of carbonyl (C=O) groups excluding carboxylic acids is 1. The first-order chi connectivity index (χ1) is 18.7. The molecule has 1 amide bonds. The summed E-state index contributed by atoms with van der Waals surface area (Å²) < 4.78 is 30.5. The molecule has 198 valence electrons. The van der Waals surface area contributed by atoms with E-state index in [1.807, 2.05) is 50.2 Å². The van der Waals surface area contributed by atoms with Gasteiger partial charge in [-0.05, 0) is 67.3 Å². The van der Waals surface area contributed by atoms with Crippen LogP contribution in [0.15, 0.2) is 71.6 Å². The molecule has 0 bridgehead atoms. The van der Waals surface area contributed by atoms with Gasteiger partial charge in [0.15, 0.2) is 0 Å². The van der Waals surface area contributed by atoms with E-state index in [0.717, 1.165) is 21.3 Å². The van der Waals surface area contributed by atoms with E-state index in [0.29, 0.717) is 46.7 Å². The van der Waals surface area contributed by atoms with Crippen molar-refractivity contribution in [3.8, 4) is 5.13 Å². The number of aromatic nitrogens is 3. The number of rotatable bonds is 5. The van der Waals surface area contributed by atoms with Gasteiger partial charge in [0, 0.05) is 24.7 Å². The molecule has 0 aliphatic carbocycles. The quantitative estimate of drug-likeness (QED) is 0.287. The molecule has 1 N–H and O–H groups in total. The van der Waals surface area contributed by atoms with E-state index >= 15 is 0 Å². The molecule has 8 nitrogen and oxygen atoms in total. The third kappa shape index (κ3) is 4.74. The number of halogens is 1. The summed E-state index contributed by atoms with van der Waals surface area (Å²) in [4.78, 5) is 18.0. The second-order valence-corrected chi connectivity index (χ2v) is 12.8. The summed E-state index contributed by atoms with van der Waals surface area (Å²) in [6.45, 7) is 4.55. The first kappa shape index (κ1) is 25.7. The lowest BCUT2D eigenvalue weighted by molar-refractivity contribution is 0.102. The largest absolute Gasteiger partial charge is 0.306 e. The van der Waals surface area contributed by atoms with Crippen LogP contribution < -0.4 is 5.32 Å². The number of anilines is 1. The monoisotopic (exact) mass is 577 g/mol. The minimum atomic E-state index is -3.70. The fraction of sp³-hybridized carbons (Fsp3) is 0.179. The minimum absolute atomic E-state index is 0.154. The van der Waals surface area contributed by atoms with Gasteiger partial charge in [-0.2, -0.15) is 14.1 Å². The number of benzene rings is 3. The van der Waals surface area contributed by atoms with Gasteiger partial charge in [0.1, 0.15) is 5.82 Å². The Morgan fingerprint density at radius 1 is 1.03 bits per heavy atom. The van der Waals surface area contributed by atoms with Crippen LogP contribution in [0.25, 0.3) is 15.3 Å². The van der Waals surface area contributed by atoms with Crippen molar-refractivity contribution in [2.45, 2.75) is 31.7 Å². The van der Waals surface area contributed by atoms with E-state index < -0.39 is 10.0 Å². The maximum atomic E-state index is 13.3. The molecular weight excluding hydrogens is 554 g/mol. The Balaban J connectivity index is 1.23. The molecule has 1 aliphatic rings. The van der Waals surface area contributed by atoms with Gasteiger partial charge in [-0.15, -0.1) is 0 Å². The third-order valence-corrected chi connectivity index (χ3v) is 10.1. The van der Waals surface area contributed by atoms with E-state index in [1.54, 1.807) is 10.7 Å². The number of nitrogens with zero attached hydrogens (tertiary/aromatic N) is 4. The van der Waals surface area contributed by atoms with Gasteiger partial charge in [-0.1, -0.05) is 53.3 Å². The highest BCUT2D eigenvalue weighted by Gasteiger charge is 2.28. The Hall–Kier alpha value is -3.57. The molecule has 0 radical (unpaired) electrons. The molecule has 0 unspecified atom stereocenters. The first-order valence-electron chi connectivity index (χ1n) is 12.3. The van der Waals surface area contributed by atoms with Gasteiger partial charge < -0.3 is 5.32 Å². The highest BCUT2D eigenvalue weighted by Crippen LogP contribution is 2.34. The average Bonchev–Trinajstić information content (AvgIpc) is 3.55. The smallest absolute Gasteiger partial charge is 0.256 e. The van der Waals surface area contributed by atoms with Gasteiger partial charge in [0.25, 0.3) is 5.91 Å². The predicted molar refractivity (Wildman–Crippen MR) is 153 cm³/mol. The number of hydrogen-bond donors (Lipinski definition) is 1. The molecule has 6 rings (SSSR count). The first-order valence-corrected chi connectivity index (χ1v) is 15.0. The van der Waals surface area contributed by atoms with Crippen molar-refractivity contribution in [3.63, 3.8) is 0 Å². The molecule has 0 saturated heterocycles. The molecule has 0 saturated carbocycles. The van der Waals surface area contributed by atoms with Crippen LogP contribution in [-0.2, 0) is 23.0 Å². The van der Waals surface area contributed by atoms with Gasteiger partial charge in [-0.3, -0.25) is 4.79 Å². The molecule has 1 aliphatic heterocycles. The van der Waals surface area contributed by atoms with Gasteiger partial charge in [0.05, 0.1) is 25.8 Å². The number of fused-ring (bicyclic) bond motifs is 2. The molecule has 3 aromatic carbocycles. The summed E-state index contributed by atoms with van der Waals surface area (Å²) in [5, 5.41) is 8.59. The lowest BCUT2D eigenvalue weighted by Gasteiger charge is -2.28. The van der Waals surface area contributed by atoms with Crippen LogP contribution in [0.4, 0.5) is 5.82 Å². The van der Waals surface area contributed by atoms with Crippen molar-refractivity contribution in [2.24, 2.45) is 0 Å². The SMILES string of the molecule is Cc1cc(NC(=O)c2ccc(S(=O)(=O)N3CCc4ccccc4C3)cc2)n(-c2nc3c(C)ccc(Cl)c3s2)n1. The Labute approximate surface area is 234 Å². The number of carbonyl (C=O) groups is 1. The van der Waals surface area contributed by atoms with Crippen molar-refractivity contribution >= 4 is 54.9 Å². The molecule has 11 heteroatoms. The van der Waals surface area contributed by atoms with E-state index in [1.165, 1.54) is 45.5 Å². The van der Waals surface area contributed by atoms with Crippen LogP contribution in [-0.4, -0.2) is 39.9 Å². The summed E-state index contributed by atoms with van der Waals surface area (Å²) in [6.07, 6.45) is 0.670. The van der Waals surface area contributed by atoms with E-state index in [4.69, 9.17) is 16.6 Å². The molecule has 3 heterocycles. The van der Waals surface area contributed by atoms with Crippen LogP contribution >= 0.6 is 22.9 Å². The zero-order valence-electron chi connectivity index (χ0n) is 21.2. The lowest BCUT2D eigenvalue weighted by atomic mass is 10.0. The van der Waals surface area contributed by atoms with Gasteiger partial charge in [-0.25, -0.2) is 13.4 Å². The van der Waals surface area contributed by atoms with E-state index in [9.17, 15) is 13.2 Å². The molecule has 5 aromatic rings. The minimum Gasteiger partial charge on any atom is -0.306 e. The number of aryl methyl sites for hydroxylation is 2. The molecule has 0 atom stereocenters. The second kappa shape index (κ2) is 9.87. The number of sulfonamides is 1. The Morgan fingerprint density at radius 3 is 2.51 bits per heavy atom. The maximum Gasteiger partial charge on any atom is 0.256 e. The summed E-state index contributed by atoms with van der Waals surface area (Å²) in [7, 11) is -3.70. The Bertz CT molecular complexity index is 1810. The third-order valence-electron chi connectivity index (χ3n) is 6.79. The van der Waals surface area contributed by atoms with Gasteiger partial charge in [0.2, 0.25) is 15.2 Å².